The van der Waals surface area contributed by atoms with Crippen LogP contribution in [-0.4, -0.2) is 30.4 Å². The van der Waals surface area contributed by atoms with Crippen molar-refractivity contribution in [1.82, 2.24) is 10.2 Å². The first kappa shape index (κ1) is 20.2. The van der Waals surface area contributed by atoms with Crippen LogP contribution in [0.3, 0.4) is 0 Å². The summed E-state index contributed by atoms with van der Waals surface area (Å²) in [5.41, 5.74) is 1.97. The van der Waals surface area contributed by atoms with Crippen LogP contribution in [-0.2, 0) is 9.59 Å². The Bertz CT molecular complexity index is 821. The number of nitrogens with one attached hydrogen (secondary N) is 1. The van der Waals surface area contributed by atoms with Gasteiger partial charge in [0.05, 0.1) is 25.6 Å². The van der Waals surface area contributed by atoms with Crippen molar-refractivity contribution in [1.29, 1.82) is 0 Å². The molecule has 28 heavy (non-hydrogen) atoms. The fourth-order valence-electron chi connectivity index (χ4n) is 3.72. The molecule has 0 saturated carbocycles. The lowest BCUT2D eigenvalue weighted by Crippen LogP contribution is -2.35. The van der Waals surface area contributed by atoms with Crippen LogP contribution in [0.4, 0.5) is 0 Å². The SMILES string of the molecule is COc1ccc(C2CCCN2C(=O)CC(NC(C)=O)c2ccc(Cl)cc2)cc1. The highest BCUT2D eigenvalue weighted by Gasteiger charge is 2.31. The number of benzene rings is 2. The van der Waals surface area contributed by atoms with Crippen molar-refractivity contribution in [2.75, 3.05) is 13.7 Å². The van der Waals surface area contributed by atoms with Crippen molar-refractivity contribution in [3.05, 3.63) is 64.7 Å². The minimum absolute atomic E-state index is 0.0343. The second kappa shape index (κ2) is 9.11. The predicted molar refractivity (Wildman–Crippen MR) is 109 cm³/mol. The summed E-state index contributed by atoms with van der Waals surface area (Å²) in [5, 5.41) is 3.51. The first-order valence-electron chi connectivity index (χ1n) is 9.44. The molecule has 2 aromatic carbocycles. The predicted octanol–water partition coefficient (Wildman–Crippen LogP) is 4.28. The fraction of sp³-hybridized carbons (Fsp3) is 0.364. The number of likely N-dealkylation sites (tertiary alicyclic amines) is 1. The number of hydrogen-bond acceptors (Lipinski definition) is 3. The van der Waals surface area contributed by atoms with Gasteiger partial charge < -0.3 is 15.0 Å². The standard InChI is InChI=1S/C22H25ClN2O3/c1-15(26)24-20(16-5-9-18(23)10-6-16)14-22(27)25-13-3-4-21(25)17-7-11-19(28-2)12-8-17/h5-12,20-21H,3-4,13-14H2,1-2H3,(H,24,26). The topological polar surface area (TPSA) is 58.6 Å². The Balaban J connectivity index is 1.75. The van der Waals surface area contributed by atoms with Crippen molar-refractivity contribution in [2.45, 2.75) is 38.3 Å². The fourth-order valence-corrected chi connectivity index (χ4v) is 3.85. The van der Waals surface area contributed by atoms with Crippen LogP contribution in [0.2, 0.25) is 5.02 Å². The van der Waals surface area contributed by atoms with Gasteiger partial charge in [-0.3, -0.25) is 9.59 Å². The summed E-state index contributed by atoms with van der Waals surface area (Å²) in [4.78, 5) is 26.7. The Kier molecular flexibility index (Phi) is 6.57. The molecule has 148 valence electrons. The number of amides is 2. The zero-order valence-electron chi connectivity index (χ0n) is 16.2. The second-order valence-electron chi connectivity index (χ2n) is 7.03. The molecule has 2 amide bonds. The van der Waals surface area contributed by atoms with Gasteiger partial charge in [-0.2, -0.15) is 0 Å². The van der Waals surface area contributed by atoms with Crippen LogP contribution in [0.15, 0.2) is 48.5 Å². The average Bonchev–Trinajstić information content (AvgIpc) is 3.18. The van der Waals surface area contributed by atoms with Gasteiger partial charge in [-0.05, 0) is 48.2 Å². The Morgan fingerprint density at radius 1 is 1.18 bits per heavy atom. The summed E-state index contributed by atoms with van der Waals surface area (Å²) in [7, 11) is 1.64. The van der Waals surface area contributed by atoms with E-state index in [-0.39, 0.29) is 30.3 Å². The molecule has 1 fully saturated rings. The van der Waals surface area contributed by atoms with E-state index in [0.717, 1.165) is 36.3 Å². The van der Waals surface area contributed by atoms with E-state index < -0.39 is 0 Å². The first-order chi connectivity index (χ1) is 13.5. The molecule has 1 N–H and O–H groups in total. The highest BCUT2D eigenvalue weighted by atomic mass is 35.5. The van der Waals surface area contributed by atoms with Gasteiger partial charge in [0.1, 0.15) is 5.75 Å². The van der Waals surface area contributed by atoms with Gasteiger partial charge in [-0.1, -0.05) is 35.9 Å². The van der Waals surface area contributed by atoms with Crippen molar-refractivity contribution in [2.24, 2.45) is 0 Å². The molecule has 0 aliphatic carbocycles. The van der Waals surface area contributed by atoms with Crippen molar-refractivity contribution >= 4 is 23.4 Å². The number of nitrogens with zero attached hydrogens (tertiary/aromatic N) is 1. The van der Waals surface area contributed by atoms with Gasteiger partial charge in [-0.25, -0.2) is 0 Å². The molecule has 3 rings (SSSR count). The average molecular weight is 401 g/mol. The highest BCUT2D eigenvalue weighted by molar-refractivity contribution is 6.30. The second-order valence-corrected chi connectivity index (χ2v) is 7.46. The van der Waals surface area contributed by atoms with Gasteiger partial charge in [0, 0.05) is 18.5 Å². The summed E-state index contributed by atoms with van der Waals surface area (Å²) in [6.45, 7) is 2.19. The van der Waals surface area contributed by atoms with E-state index in [1.165, 1.54) is 6.92 Å². The van der Waals surface area contributed by atoms with Crippen molar-refractivity contribution in [3.8, 4) is 5.75 Å². The van der Waals surface area contributed by atoms with Crippen LogP contribution >= 0.6 is 11.6 Å². The Labute approximate surface area is 170 Å². The third-order valence-electron chi connectivity index (χ3n) is 5.10. The molecule has 6 heteroatoms. The normalized spacial score (nSPS) is 17.2. The molecule has 0 radical (unpaired) electrons. The third-order valence-corrected chi connectivity index (χ3v) is 5.35. The van der Waals surface area contributed by atoms with E-state index in [9.17, 15) is 9.59 Å². The summed E-state index contributed by atoms with van der Waals surface area (Å²) >= 11 is 5.97. The van der Waals surface area contributed by atoms with Crippen LogP contribution in [0.25, 0.3) is 0 Å². The van der Waals surface area contributed by atoms with Crippen LogP contribution in [0.1, 0.15) is 49.4 Å². The molecule has 2 atom stereocenters. The van der Waals surface area contributed by atoms with E-state index in [0.29, 0.717) is 5.02 Å². The minimum atomic E-state index is -0.376. The Hall–Kier alpha value is -2.53. The number of carbonyl (C=O) groups excluding carboxylic acids is 2. The number of methoxy groups -OCH3 is 1. The summed E-state index contributed by atoms with van der Waals surface area (Å²) in [6.07, 6.45) is 2.12. The van der Waals surface area contributed by atoms with E-state index in [1.807, 2.05) is 41.3 Å². The lowest BCUT2D eigenvalue weighted by atomic mass is 10.0. The lowest BCUT2D eigenvalue weighted by molar-refractivity contribution is -0.133. The van der Waals surface area contributed by atoms with E-state index in [4.69, 9.17) is 16.3 Å². The van der Waals surface area contributed by atoms with Gasteiger partial charge in [-0.15, -0.1) is 0 Å². The molecule has 0 bridgehead atoms. The van der Waals surface area contributed by atoms with E-state index in [2.05, 4.69) is 5.32 Å². The summed E-state index contributed by atoms with van der Waals surface area (Å²) in [6, 6.07) is 14.8. The lowest BCUT2D eigenvalue weighted by Gasteiger charge is -2.28. The number of hydrogen-bond donors (Lipinski definition) is 1. The van der Waals surface area contributed by atoms with Gasteiger partial charge in [0.25, 0.3) is 0 Å². The van der Waals surface area contributed by atoms with Gasteiger partial charge in [0.15, 0.2) is 0 Å². The number of ether oxygens (including phenoxy) is 1. The molecule has 2 aromatic rings. The van der Waals surface area contributed by atoms with Gasteiger partial charge >= 0.3 is 0 Å². The van der Waals surface area contributed by atoms with E-state index in [1.54, 1.807) is 19.2 Å². The summed E-state index contributed by atoms with van der Waals surface area (Å²) < 4.78 is 5.22. The maximum atomic E-state index is 13.1. The number of rotatable bonds is 6. The van der Waals surface area contributed by atoms with Crippen molar-refractivity contribution in [3.63, 3.8) is 0 Å². The molecule has 1 heterocycles. The maximum Gasteiger partial charge on any atom is 0.225 e. The molecule has 1 aliphatic rings. The molecular weight excluding hydrogens is 376 g/mol. The van der Waals surface area contributed by atoms with E-state index >= 15 is 0 Å². The Morgan fingerprint density at radius 3 is 2.46 bits per heavy atom. The molecule has 1 aliphatic heterocycles. The minimum Gasteiger partial charge on any atom is -0.497 e. The smallest absolute Gasteiger partial charge is 0.225 e. The quantitative estimate of drug-likeness (QED) is 0.787. The maximum absolute atomic E-state index is 13.1. The summed E-state index contributed by atoms with van der Waals surface area (Å²) in [5.74, 6) is 0.668. The molecule has 5 nitrogen and oxygen atoms in total. The first-order valence-corrected chi connectivity index (χ1v) is 9.81. The third kappa shape index (κ3) is 4.84. The van der Waals surface area contributed by atoms with Crippen LogP contribution in [0, 0.1) is 0 Å². The number of carbonyl (C=O) groups is 2. The zero-order chi connectivity index (χ0) is 20.1. The monoisotopic (exact) mass is 400 g/mol. The molecule has 2 unspecified atom stereocenters. The Morgan fingerprint density at radius 2 is 1.86 bits per heavy atom. The zero-order valence-corrected chi connectivity index (χ0v) is 16.9. The molecule has 0 spiro atoms. The molecular formula is C22H25ClN2O3. The molecule has 1 saturated heterocycles. The van der Waals surface area contributed by atoms with Crippen LogP contribution < -0.4 is 10.1 Å². The van der Waals surface area contributed by atoms with Crippen LogP contribution in [0.5, 0.6) is 5.75 Å². The number of halogens is 1. The van der Waals surface area contributed by atoms with Crippen molar-refractivity contribution < 1.29 is 14.3 Å². The van der Waals surface area contributed by atoms with Gasteiger partial charge in [0.2, 0.25) is 11.8 Å². The molecule has 0 aromatic heterocycles. The largest absolute Gasteiger partial charge is 0.497 e. The highest BCUT2D eigenvalue weighted by Crippen LogP contribution is 2.34.